The first-order valence-electron chi connectivity index (χ1n) is 6.31. The summed E-state index contributed by atoms with van der Waals surface area (Å²) in [5.41, 5.74) is -0.112. The molecule has 0 aliphatic heterocycles. The number of amides is 1. The molecule has 6 nitrogen and oxygen atoms in total. The Hall–Kier alpha value is -1.14. The van der Waals surface area contributed by atoms with Gasteiger partial charge in [-0.2, -0.15) is 0 Å². The molecule has 0 bridgehead atoms. The van der Waals surface area contributed by atoms with Gasteiger partial charge in [-0.25, -0.2) is 4.79 Å². The lowest BCUT2D eigenvalue weighted by Gasteiger charge is -2.27. The lowest BCUT2D eigenvalue weighted by atomic mass is 9.87. The van der Waals surface area contributed by atoms with Crippen LogP contribution in [0.5, 0.6) is 0 Å². The molecule has 1 atom stereocenters. The van der Waals surface area contributed by atoms with Crippen molar-refractivity contribution < 1.29 is 19.8 Å². The summed E-state index contributed by atoms with van der Waals surface area (Å²) in [5, 5.41) is 23.8. The van der Waals surface area contributed by atoms with E-state index >= 15 is 0 Å². The normalized spacial score (nSPS) is 19.4. The van der Waals surface area contributed by atoms with Gasteiger partial charge in [0.2, 0.25) is 5.91 Å². The fourth-order valence-corrected chi connectivity index (χ4v) is 2.44. The van der Waals surface area contributed by atoms with E-state index in [1.54, 1.807) is 0 Å². The summed E-state index contributed by atoms with van der Waals surface area (Å²) in [6, 6.07) is -0.917. The second-order valence-corrected chi connectivity index (χ2v) is 5.09. The van der Waals surface area contributed by atoms with Crippen LogP contribution in [-0.2, 0) is 9.59 Å². The van der Waals surface area contributed by atoms with Crippen molar-refractivity contribution in [1.82, 2.24) is 10.6 Å². The van der Waals surface area contributed by atoms with Gasteiger partial charge in [0, 0.05) is 32.0 Å². The van der Waals surface area contributed by atoms with Crippen LogP contribution in [0.3, 0.4) is 0 Å². The van der Waals surface area contributed by atoms with E-state index in [-0.39, 0.29) is 24.5 Å². The first kappa shape index (κ1) is 14.9. The Bertz CT molecular complexity index is 300. The lowest BCUT2D eigenvalue weighted by molar-refractivity contribution is -0.141. The molecule has 0 radical (unpaired) electrons. The maximum Gasteiger partial charge on any atom is 0.327 e. The average Bonchev–Trinajstić information content (AvgIpc) is 2.76. The van der Waals surface area contributed by atoms with Gasteiger partial charge in [0.05, 0.1) is 0 Å². The Morgan fingerprint density at radius 1 is 1.33 bits per heavy atom. The Morgan fingerprint density at radius 2 is 1.94 bits per heavy atom. The van der Waals surface area contributed by atoms with Crippen molar-refractivity contribution in [1.29, 1.82) is 0 Å². The topological polar surface area (TPSA) is 98.7 Å². The zero-order valence-electron chi connectivity index (χ0n) is 10.7. The SMILES string of the molecule is CC(=O)NC(CNCC1(CO)CCCC1)C(=O)O. The van der Waals surface area contributed by atoms with Crippen LogP contribution in [0, 0.1) is 5.41 Å². The summed E-state index contributed by atoms with van der Waals surface area (Å²) in [5.74, 6) is -1.41. The number of hydrogen-bond donors (Lipinski definition) is 4. The number of carbonyl (C=O) groups excluding carboxylic acids is 1. The minimum Gasteiger partial charge on any atom is -0.480 e. The van der Waals surface area contributed by atoms with E-state index in [4.69, 9.17) is 5.11 Å². The van der Waals surface area contributed by atoms with Crippen molar-refractivity contribution in [2.45, 2.75) is 38.6 Å². The van der Waals surface area contributed by atoms with Crippen LogP contribution >= 0.6 is 0 Å². The second kappa shape index (κ2) is 6.70. The molecule has 104 valence electrons. The molecule has 18 heavy (non-hydrogen) atoms. The second-order valence-electron chi connectivity index (χ2n) is 5.09. The number of rotatable bonds is 7. The van der Waals surface area contributed by atoms with E-state index in [0.717, 1.165) is 25.7 Å². The van der Waals surface area contributed by atoms with Crippen molar-refractivity contribution in [3.8, 4) is 0 Å². The molecule has 0 aromatic heterocycles. The number of carboxylic acids is 1. The molecule has 0 saturated heterocycles. The molecule has 1 aliphatic rings. The zero-order chi connectivity index (χ0) is 13.6. The van der Waals surface area contributed by atoms with Crippen LogP contribution in [0.4, 0.5) is 0 Å². The summed E-state index contributed by atoms with van der Waals surface area (Å²) in [6.45, 7) is 2.18. The largest absolute Gasteiger partial charge is 0.480 e. The summed E-state index contributed by atoms with van der Waals surface area (Å²) in [6.07, 6.45) is 4.15. The third-order valence-corrected chi connectivity index (χ3v) is 3.52. The van der Waals surface area contributed by atoms with Gasteiger partial charge in [-0.3, -0.25) is 4.79 Å². The summed E-state index contributed by atoms with van der Waals surface area (Å²) >= 11 is 0. The van der Waals surface area contributed by atoms with Crippen LogP contribution in [0.1, 0.15) is 32.6 Å². The fraction of sp³-hybridized carbons (Fsp3) is 0.833. The molecule has 0 aromatic rings. The Morgan fingerprint density at radius 3 is 2.39 bits per heavy atom. The van der Waals surface area contributed by atoms with Gasteiger partial charge in [-0.1, -0.05) is 12.8 Å². The van der Waals surface area contributed by atoms with E-state index < -0.39 is 12.0 Å². The van der Waals surface area contributed by atoms with Crippen molar-refractivity contribution in [3.63, 3.8) is 0 Å². The molecule has 1 rings (SSSR count). The highest BCUT2D eigenvalue weighted by Crippen LogP contribution is 2.36. The van der Waals surface area contributed by atoms with E-state index in [1.165, 1.54) is 6.92 Å². The molecule has 1 amide bonds. The van der Waals surface area contributed by atoms with Gasteiger partial charge in [0.15, 0.2) is 0 Å². The van der Waals surface area contributed by atoms with Crippen LogP contribution in [0.25, 0.3) is 0 Å². The highest BCUT2D eigenvalue weighted by molar-refractivity contribution is 5.82. The molecule has 0 spiro atoms. The number of aliphatic hydroxyl groups excluding tert-OH is 1. The smallest absolute Gasteiger partial charge is 0.327 e. The zero-order valence-corrected chi connectivity index (χ0v) is 10.7. The Kier molecular flexibility index (Phi) is 5.55. The van der Waals surface area contributed by atoms with E-state index in [1.807, 2.05) is 0 Å². The molecule has 6 heteroatoms. The predicted molar refractivity (Wildman–Crippen MR) is 66.1 cm³/mol. The summed E-state index contributed by atoms with van der Waals surface area (Å²) in [7, 11) is 0. The van der Waals surface area contributed by atoms with Crippen molar-refractivity contribution in [3.05, 3.63) is 0 Å². The molecule has 1 saturated carbocycles. The van der Waals surface area contributed by atoms with Crippen LogP contribution in [0.15, 0.2) is 0 Å². The van der Waals surface area contributed by atoms with Gasteiger partial charge in [0.25, 0.3) is 0 Å². The summed E-state index contributed by atoms with van der Waals surface area (Å²) < 4.78 is 0. The molecule has 0 aromatic carbocycles. The molecule has 1 fully saturated rings. The molecular formula is C12H22N2O4. The van der Waals surface area contributed by atoms with Crippen LogP contribution in [-0.4, -0.2) is 47.8 Å². The highest BCUT2D eigenvalue weighted by Gasteiger charge is 2.33. The van der Waals surface area contributed by atoms with Crippen molar-refractivity contribution in [2.75, 3.05) is 19.7 Å². The van der Waals surface area contributed by atoms with Crippen LogP contribution < -0.4 is 10.6 Å². The maximum absolute atomic E-state index is 10.9. The number of carboxylic acid groups (broad SMARTS) is 1. The molecule has 0 heterocycles. The number of nitrogens with one attached hydrogen (secondary N) is 2. The van der Waals surface area contributed by atoms with E-state index in [2.05, 4.69) is 10.6 Å². The minimum absolute atomic E-state index is 0.112. The monoisotopic (exact) mass is 258 g/mol. The standard InChI is InChI=1S/C12H22N2O4/c1-9(16)14-10(11(17)18)6-13-7-12(8-15)4-2-3-5-12/h10,13,15H,2-8H2,1H3,(H,14,16)(H,17,18). The van der Waals surface area contributed by atoms with E-state index in [9.17, 15) is 14.7 Å². The Balaban J connectivity index is 2.38. The first-order chi connectivity index (χ1) is 8.49. The number of aliphatic carboxylic acids is 1. The minimum atomic E-state index is -1.05. The maximum atomic E-state index is 10.9. The molecular weight excluding hydrogens is 236 g/mol. The van der Waals surface area contributed by atoms with Gasteiger partial charge in [0.1, 0.15) is 6.04 Å². The Labute approximate surface area is 107 Å². The van der Waals surface area contributed by atoms with Gasteiger partial charge < -0.3 is 20.8 Å². The number of hydrogen-bond acceptors (Lipinski definition) is 4. The van der Waals surface area contributed by atoms with Gasteiger partial charge in [-0.15, -0.1) is 0 Å². The van der Waals surface area contributed by atoms with Gasteiger partial charge in [-0.05, 0) is 12.8 Å². The number of carbonyl (C=O) groups is 2. The highest BCUT2D eigenvalue weighted by atomic mass is 16.4. The molecule has 1 unspecified atom stereocenters. The predicted octanol–water partition coefficient (Wildman–Crippen LogP) is -0.282. The van der Waals surface area contributed by atoms with Crippen molar-refractivity contribution in [2.24, 2.45) is 5.41 Å². The lowest BCUT2D eigenvalue weighted by Crippen LogP contribution is -2.48. The fourth-order valence-electron chi connectivity index (χ4n) is 2.44. The molecule has 4 N–H and O–H groups in total. The third-order valence-electron chi connectivity index (χ3n) is 3.52. The molecule has 1 aliphatic carbocycles. The van der Waals surface area contributed by atoms with Crippen LogP contribution in [0.2, 0.25) is 0 Å². The van der Waals surface area contributed by atoms with E-state index in [0.29, 0.717) is 6.54 Å². The average molecular weight is 258 g/mol. The van der Waals surface area contributed by atoms with Crippen molar-refractivity contribution >= 4 is 11.9 Å². The number of aliphatic hydroxyl groups is 1. The third kappa shape index (κ3) is 4.27. The van der Waals surface area contributed by atoms with Gasteiger partial charge >= 0.3 is 5.97 Å². The summed E-state index contributed by atoms with van der Waals surface area (Å²) in [4.78, 5) is 21.8. The first-order valence-corrected chi connectivity index (χ1v) is 6.31. The quantitative estimate of drug-likeness (QED) is 0.503.